The number of nitrogens with zero attached hydrogens (tertiary/aromatic N) is 1. The number of nitrogens with two attached hydrogens (primary N) is 2. The van der Waals surface area contributed by atoms with E-state index in [2.05, 4.69) is 4.90 Å². The minimum absolute atomic E-state index is 0.0253. The minimum atomic E-state index is -0.179. The van der Waals surface area contributed by atoms with E-state index in [0.29, 0.717) is 0 Å². The van der Waals surface area contributed by atoms with Crippen molar-refractivity contribution in [2.45, 2.75) is 19.8 Å². The zero-order chi connectivity index (χ0) is 12.4. The van der Waals surface area contributed by atoms with Gasteiger partial charge in [0.2, 0.25) is 5.91 Å². The van der Waals surface area contributed by atoms with Gasteiger partial charge in [-0.2, -0.15) is 0 Å². The summed E-state index contributed by atoms with van der Waals surface area (Å²) >= 11 is 0. The summed E-state index contributed by atoms with van der Waals surface area (Å²) in [6.45, 7) is 3.71. The number of piperidine rings is 1. The lowest BCUT2D eigenvalue weighted by Gasteiger charge is -2.33. The Hall–Kier alpha value is -1.71. The number of aryl methyl sites for hydroxylation is 1. The van der Waals surface area contributed by atoms with Crippen molar-refractivity contribution in [3.63, 3.8) is 0 Å². The minimum Gasteiger partial charge on any atom is -0.397 e. The summed E-state index contributed by atoms with van der Waals surface area (Å²) in [6.07, 6.45) is 1.64. The van der Waals surface area contributed by atoms with Gasteiger partial charge in [0, 0.05) is 19.0 Å². The lowest BCUT2D eigenvalue weighted by molar-refractivity contribution is -0.122. The van der Waals surface area contributed by atoms with Gasteiger partial charge in [-0.3, -0.25) is 4.79 Å². The van der Waals surface area contributed by atoms with Crippen molar-refractivity contribution in [3.8, 4) is 0 Å². The molecule has 1 aromatic carbocycles. The summed E-state index contributed by atoms with van der Waals surface area (Å²) < 4.78 is 0. The Kier molecular flexibility index (Phi) is 3.22. The molecule has 0 bridgehead atoms. The van der Waals surface area contributed by atoms with Crippen molar-refractivity contribution < 1.29 is 4.79 Å². The van der Waals surface area contributed by atoms with Crippen molar-refractivity contribution in [1.29, 1.82) is 0 Å². The van der Waals surface area contributed by atoms with Crippen LogP contribution in [-0.4, -0.2) is 19.0 Å². The molecule has 2 rings (SSSR count). The van der Waals surface area contributed by atoms with E-state index in [4.69, 9.17) is 11.5 Å². The van der Waals surface area contributed by atoms with Gasteiger partial charge in [0.15, 0.2) is 0 Å². The van der Waals surface area contributed by atoms with Crippen LogP contribution in [0.4, 0.5) is 11.4 Å². The number of amides is 1. The van der Waals surface area contributed by atoms with Crippen LogP contribution in [0.3, 0.4) is 0 Å². The Labute approximate surface area is 102 Å². The number of rotatable bonds is 2. The number of hydrogen-bond acceptors (Lipinski definition) is 3. The molecule has 17 heavy (non-hydrogen) atoms. The Morgan fingerprint density at radius 3 is 2.59 bits per heavy atom. The third kappa shape index (κ3) is 2.35. The maximum Gasteiger partial charge on any atom is 0.220 e. The lowest BCUT2D eigenvalue weighted by Crippen LogP contribution is -2.38. The Balaban J connectivity index is 2.10. The Bertz CT molecular complexity index is 423. The van der Waals surface area contributed by atoms with Gasteiger partial charge in [0.25, 0.3) is 0 Å². The molecule has 1 aliphatic rings. The summed E-state index contributed by atoms with van der Waals surface area (Å²) in [5.74, 6) is -0.154. The molecule has 0 aliphatic carbocycles. The van der Waals surface area contributed by atoms with Crippen molar-refractivity contribution in [3.05, 3.63) is 23.8 Å². The highest BCUT2D eigenvalue weighted by Crippen LogP contribution is 2.29. The zero-order valence-electron chi connectivity index (χ0n) is 10.1. The number of carbonyl (C=O) groups is 1. The topological polar surface area (TPSA) is 72.3 Å². The fraction of sp³-hybridized carbons (Fsp3) is 0.462. The third-order valence-corrected chi connectivity index (χ3v) is 3.54. The molecule has 0 aromatic heterocycles. The number of anilines is 2. The largest absolute Gasteiger partial charge is 0.397 e. The highest BCUT2D eigenvalue weighted by molar-refractivity contribution is 5.77. The molecular formula is C13H19N3O. The summed E-state index contributed by atoms with van der Waals surface area (Å²) in [5.41, 5.74) is 14.4. The molecule has 4 N–H and O–H groups in total. The molecular weight excluding hydrogens is 214 g/mol. The van der Waals surface area contributed by atoms with Gasteiger partial charge in [-0.1, -0.05) is 12.1 Å². The van der Waals surface area contributed by atoms with Crippen LogP contribution in [0, 0.1) is 12.8 Å². The Morgan fingerprint density at radius 2 is 2.00 bits per heavy atom. The van der Waals surface area contributed by atoms with Gasteiger partial charge in [-0.25, -0.2) is 0 Å². The van der Waals surface area contributed by atoms with E-state index in [-0.39, 0.29) is 11.8 Å². The first kappa shape index (κ1) is 11.8. The van der Waals surface area contributed by atoms with Gasteiger partial charge >= 0.3 is 0 Å². The number of nitrogen functional groups attached to an aromatic ring is 1. The second-order valence-corrected chi connectivity index (χ2v) is 4.67. The first-order valence-corrected chi connectivity index (χ1v) is 5.99. The summed E-state index contributed by atoms with van der Waals surface area (Å²) in [7, 11) is 0. The zero-order valence-corrected chi connectivity index (χ0v) is 10.1. The maximum atomic E-state index is 11.1. The summed E-state index contributed by atoms with van der Waals surface area (Å²) in [4.78, 5) is 13.3. The van der Waals surface area contributed by atoms with Crippen LogP contribution in [0.1, 0.15) is 18.4 Å². The van der Waals surface area contributed by atoms with Gasteiger partial charge in [-0.15, -0.1) is 0 Å². The molecule has 4 heteroatoms. The van der Waals surface area contributed by atoms with Gasteiger partial charge in [0.1, 0.15) is 0 Å². The van der Waals surface area contributed by atoms with E-state index in [1.807, 2.05) is 25.1 Å². The van der Waals surface area contributed by atoms with Crippen molar-refractivity contribution in [1.82, 2.24) is 0 Å². The molecule has 4 nitrogen and oxygen atoms in total. The first-order chi connectivity index (χ1) is 8.09. The summed E-state index contributed by atoms with van der Waals surface area (Å²) in [6, 6.07) is 6.06. The standard InChI is InChI=1S/C13H19N3O/c1-9-3-2-4-11(12(9)14)16-7-5-10(6-8-16)13(15)17/h2-4,10H,5-8,14H2,1H3,(H2,15,17). The molecule has 1 aliphatic heterocycles. The van der Waals surface area contributed by atoms with E-state index in [1.54, 1.807) is 0 Å². The lowest BCUT2D eigenvalue weighted by atomic mass is 9.95. The molecule has 1 amide bonds. The van der Waals surface area contributed by atoms with E-state index in [0.717, 1.165) is 42.9 Å². The maximum absolute atomic E-state index is 11.1. The smallest absolute Gasteiger partial charge is 0.220 e. The van der Waals surface area contributed by atoms with E-state index >= 15 is 0 Å². The molecule has 0 spiro atoms. The summed E-state index contributed by atoms with van der Waals surface area (Å²) in [5, 5.41) is 0. The molecule has 1 heterocycles. The number of benzene rings is 1. The fourth-order valence-corrected chi connectivity index (χ4v) is 2.35. The van der Waals surface area contributed by atoms with E-state index in [9.17, 15) is 4.79 Å². The molecule has 0 saturated carbocycles. The number of para-hydroxylation sites is 1. The van der Waals surface area contributed by atoms with Crippen LogP contribution < -0.4 is 16.4 Å². The quantitative estimate of drug-likeness (QED) is 0.756. The molecule has 1 fully saturated rings. The van der Waals surface area contributed by atoms with Crippen LogP contribution in [0.25, 0.3) is 0 Å². The van der Waals surface area contributed by atoms with Gasteiger partial charge in [0.05, 0.1) is 11.4 Å². The molecule has 0 atom stereocenters. The van der Waals surface area contributed by atoms with Crippen LogP contribution in [0.15, 0.2) is 18.2 Å². The van der Waals surface area contributed by atoms with Crippen molar-refractivity contribution in [2.24, 2.45) is 11.7 Å². The van der Waals surface area contributed by atoms with Gasteiger partial charge < -0.3 is 16.4 Å². The SMILES string of the molecule is Cc1cccc(N2CCC(C(N)=O)CC2)c1N. The van der Waals surface area contributed by atoms with Crippen LogP contribution >= 0.6 is 0 Å². The average molecular weight is 233 g/mol. The molecule has 92 valence electrons. The monoisotopic (exact) mass is 233 g/mol. The molecule has 0 radical (unpaired) electrons. The third-order valence-electron chi connectivity index (χ3n) is 3.54. The normalized spacial score (nSPS) is 17.1. The molecule has 1 aromatic rings. The second kappa shape index (κ2) is 4.65. The average Bonchev–Trinajstić information content (AvgIpc) is 2.33. The highest BCUT2D eigenvalue weighted by atomic mass is 16.1. The molecule has 0 unspecified atom stereocenters. The van der Waals surface area contributed by atoms with Crippen molar-refractivity contribution in [2.75, 3.05) is 23.7 Å². The van der Waals surface area contributed by atoms with E-state index < -0.39 is 0 Å². The predicted octanol–water partition coefficient (Wildman–Crippen LogP) is 1.28. The second-order valence-electron chi connectivity index (χ2n) is 4.67. The predicted molar refractivity (Wildman–Crippen MR) is 69.7 cm³/mol. The van der Waals surface area contributed by atoms with Gasteiger partial charge in [-0.05, 0) is 31.4 Å². The van der Waals surface area contributed by atoms with Crippen LogP contribution in [0.5, 0.6) is 0 Å². The Morgan fingerprint density at radius 1 is 1.35 bits per heavy atom. The number of primary amides is 1. The van der Waals surface area contributed by atoms with Crippen LogP contribution in [0.2, 0.25) is 0 Å². The number of hydrogen-bond donors (Lipinski definition) is 2. The van der Waals surface area contributed by atoms with E-state index in [1.165, 1.54) is 0 Å². The fourth-order valence-electron chi connectivity index (χ4n) is 2.35. The van der Waals surface area contributed by atoms with Crippen molar-refractivity contribution >= 4 is 17.3 Å². The first-order valence-electron chi connectivity index (χ1n) is 5.99. The highest BCUT2D eigenvalue weighted by Gasteiger charge is 2.24. The number of carbonyl (C=O) groups excluding carboxylic acids is 1. The van der Waals surface area contributed by atoms with Crippen LogP contribution in [-0.2, 0) is 4.79 Å². The molecule has 1 saturated heterocycles.